The summed E-state index contributed by atoms with van der Waals surface area (Å²) in [5.41, 5.74) is 4.35. The van der Waals surface area contributed by atoms with E-state index >= 15 is 0 Å². The van der Waals surface area contributed by atoms with Crippen LogP contribution >= 0.6 is 0 Å². The molecule has 1 atom stereocenters. The maximum absolute atomic E-state index is 12.5. The van der Waals surface area contributed by atoms with E-state index in [9.17, 15) is 4.79 Å². The zero-order valence-electron chi connectivity index (χ0n) is 18.4. The number of pyridine rings is 1. The van der Waals surface area contributed by atoms with Gasteiger partial charge in [0.15, 0.2) is 0 Å². The van der Waals surface area contributed by atoms with E-state index in [1.54, 1.807) is 20.0 Å². The molecule has 0 fully saturated rings. The number of hydrogen-bond acceptors (Lipinski definition) is 6. The number of likely N-dealkylation sites (N-methyl/N-ethyl adjacent to an activating group) is 1. The van der Waals surface area contributed by atoms with E-state index in [-0.39, 0.29) is 11.9 Å². The van der Waals surface area contributed by atoms with Crippen molar-refractivity contribution in [3.05, 3.63) is 71.4 Å². The highest BCUT2D eigenvalue weighted by Crippen LogP contribution is 2.32. The Labute approximate surface area is 186 Å². The Morgan fingerprint density at radius 1 is 1.09 bits per heavy atom. The van der Waals surface area contributed by atoms with Gasteiger partial charge in [0.1, 0.15) is 23.6 Å². The second-order valence-electron chi connectivity index (χ2n) is 7.43. The van der Waals surface area contributed by atoms with Crippen molar-refractivity contribution < 1.29 is 9.21 Å². The van der Waals surface area contributed by atoms with Gasteiger partial charge in [-0.1, -0.05) is 24.1 Å². The van der Waals surface area contributed by atoms with E-state index in [1.807, 2.05) is 50.2 Å². The lowest BCUT2D eigenvalue weighted by Gasteiger charge is -2.12. The topological polar surface area (TPSA) is 92.9 Å². The van der Waals surface area contributed by atoms with Crippen LogP contribution in [0.1, 0.15) is 29.5 Å². The van der Waals surface area contributed by atoms with Crippen molar-refractivity contribution in [3.8, 4) is 23.1 Å². The van der Waals surface area contributed by atoms with Crippen LogP contribution in [0.15, 0.2) is 53.2 Å². The Morgan fingerprint density at radius 2 is 1.88 bits per heavy atom. The lowest BCUT2D eigenvalue weighted by atomic mass is 10.1. The third-order valence-corrected chi connectivity index (χ3v) is 5.25. The second kappa shape index (κ2) is 9.00. The number of carbonyl (C=O) groups excluding carboxylic acids is 1. The minimum absolute atomic E-state index is 0.192. The number of anilines is 1. The summed E-state index contributed by atoms with van der Waals surface area (Å²) in [4.78, 5) is 25.8. The summed E-state index contributed by atoms with van der Waals surface area (Å²) in [7, 11) is 1.73. The van der Waals surface area contributed by atoms with Gasteiger partial charge in [0.2, 0.25) is 11.6 Å². The third kappa shape index (κ3) is 4.36. The molecular weight excluding hydrogens is 402 g/mol. The number of aryl methyl sites for hydroxylation is 2. The predicted molar refractivity (Wildman–Crippen MR) is 124 cm³/mol. The van der Waals surface area contributed by atoms with Gasteiger partial charge in [-0.05, 0) is 58.0 Å². The van der Waals surface area contributed by atoms with Gasteiger partial charge >= 0.3 is 0 Å². The van der Waals surface area contributed by atoms with Crippen molar-refractivity contribution in [2.45, 2.75) is 26.8 Å². The van der Waals surface area contributed by atoms with Gasteiger partial charge in [0, 0.05) is 16.7 Å². The van der Waals surface area contributed by atoms with Crippen LogP contribution in [-0.4, -0.2) is 33.9 Å². The Balaban J connectivity index is 1.84. The van der Waals surface area contributed by atoms with Gasteiger partial charge in [0.25, 0.3) is 0 Å². The molecule has 7 heteroatoms. The molecule has 0 bridgehead atoms. The standard InChI is InChI=1S/C25H23N5O2/c1-15-17(3)32-25-22(15)23(27-14-28-25)19-12-20(11-10-18-8-6-5-7-9-18)29-21(13-19)30-24(31)16(2)26-4/h5-9,12-14,16,26H,1-4H3,(H,29,30,31)/t16-/m1/s1. The van der Waals surface area contributed by atoms with E-state index in [0.29, 0.717) is 22.9 Å². The number of benzene rings is 1. The number of aromatic nitrogens is 3. The first kappa shape index (κ1) is 21.2. The van der Waals surface area contributed by atoms with Gasteiger partial charge in [-0.2, -0.15) is 0 Å². The molecule has 0 spiro atoms. The summed E-state index contributed by atoms with van der Waals surface area (Å²) in [5.74, 6) is 7.21. The molecule has 3 heterocycles. The monoisotopic (exact) mass is 425 g/mol. The molecule has 0 aliphatic heterocycles. The van der Waals surface area contributed by atoms with Gasteiger partial charge in [0.05, 0.1) is 17.1 Å². The molecule has 2 N–H and O–H groups in total. The van der Waals surface area contributed by atoms with Gasteiger partial charge in [-0.15, -0.1) is 0 Å². The summed E-state index contributed by atoms with van der Waals surface area (Å²) >= 11 is 0. The van der Waals surface area contributed by atoms with Crippen LogP contribution in [0.2, 0.25) is 0 Å². The van der Waals surface area contributed by atoms with Gasteiger partial charge in [-0.3, -0.25) is 4.79 Å². The fourth-order valence-corrected chi connectivity index (χ4v) is 3.22. The van der Waals surface area contributed by atoms with Crippen LogP contribution in [0.25, 0.3) is 22.4 Å². The molecule has 4 aromatic rings. The Kier molecular flexibility index (Phi) is 5.97. The van der Waals surface area contributed by atoms with Crippen LogP contribution in [-0.2, 0) is 4.79 Å². The highest BCUT2D eigenvalue weighted by atomic mass is 16.3. The Hall–Kier alpha value is -4.02. The minimum atomic E-state index is -0.371. The number of rotatable bonds is 4. The van der Waals surface area contributed by atoms with Crippen molar-refractivity contribution >= 4 is 22.8 Å². The highest BCUT2D eigenvalue weighted by molar-refractivity contribution is 5.96. The molecule has 1 aromatic carbocycles. The maximum Gasteiger partial charge on any atom is 0.242 e. The smallest absolute Gasteiger partial charge is 0.242 e. The zero-order valence-corrected chi connectivity index (χ0v) is 18.4. The quantitative estimate of drug-likeness (QED) is 0.483. The normalized spacial score (nSPS) is 11.6. The number of fused-ring (bicyclic) bond motifs is 1. The number of nitrogens with one attached hydrogen (secondary N) is 2. The molecule has 0 saturated carbocycles. The molecule has 160 valence electrons. The Morgan fingerprint density at radius 3 is 2.62 bits per heavy atom. The molecule has 0 saturated heterocycles. The summed E-state index contributed by atoms with van der Waals surface area (Å²) < 4.78 is 5.76. The Bertz CT molecular complexity index is 1350. The maximum atomic E-state index is 12.5. The van der Waals surface area contributed by atoms with Gasteiger partial charge < -0.3 is 15.1 Å². The highest BCUT2D eigenvalue weighted by Gasteiger charge is 2.17. The fourth-order valence-electron chi connectivity index (χ4n) is 3.22. The SMILES string of the molecule is CN[C@H](C)C(=O)Nc1cc(-c2ncnc3oc(C)c(C)c23)cc(C#Cc2ccccc2)n1. The minimum Gasteiger partial charge on any atom is -0.443 e. The van der Waals surface area contributed by atoms with E-state index in [4.69, 9.17) is 4.42 Å². The van der Waals surface area contributed by atoms with E-state index in [1.165, 1.54) is 6.33 Å². The molecule has 0 aliphatic rings. The van der Waals surface area contributed by atoms with Crippen LogP contribution < -0.4 is 10.6 Å². The van der Waals surface area contributed by atoms with Crippen LogP contribution in [0, 0.1) is 25.7 Å². The van der Waals surface area contributed by atoms with Crippen molar-refractivity contribution in [2.75, 3.05) is 12.4 Å². The summed E-state index contributed by atoms with van der Waals surface area (Å²) in [6.45, 7) is 5.65. The first-order chi connectivity index (χ1) is 15.5. The van der Waals surface area contributed by atoms with Crippen molar-refractivity contribution in [2.24, 2.45) is 0 Å². The van der Waals surface area contributed by atoms with Crippen molar-refractivity contribution in [1.29, 1.82) is 0 Å². The van der Waals surface area contributed by atoms with Crippen molar-refractivity contribution in [1.82, 2.24) is 20.3 Å². The van der Waals surface area contributed by atoms with Crippen molar-refractivity contribution in [3.63, 3.8) is 0 Å². The van der Waals surface area contributed by atoms with Gasteiger partial charge in [-0.25, -0.2) is 15.0 Å². The number of amides is 1. The molecule has 3 aromatic heterocycles. The second-order valence-corrected chi connectivity index (χ2v) is 7.43. The van der Waals surface area contributed by atoms with E-state index in [2.05, 4.69) is 37.4 Å². The lowest BCUT2D eigenvalue weighted by Crippen LogP contribution is -2.35. The fraction of sp³-hybridized carbons (Fsp3) is 0.200. The number of furan rings is 1. The molecule has 0 unspecified atom stereocenters. The molecule has 32 heavy (non-hydrogen) atoms. The number of carbonyl (C=O) groups is 1. The van der Waals surface area contributed by atoms with E-state index < -0.39 is 0 Å². The summed E-state index contributed by atoms with van der Waals surface area (Å²) in [6, 6.07) is 12.9. The molecule has 0 radical (unpaired) electrons. The first-order valence-corrected chi connectivity index (χ1v) is 10.2. The average Bonchev–Trinajstić information content (AvgIpc) is 3.11. The molecule has 4 rings (SSSR count). The largest absolute Gasteiger partial charge is 0.443 e. The predicted octanol–water partition coefficient (Wildman–Crippen LogP) is 3.85. The van der Waals surface area contributed by atoms with E-state index in [0.717, 1.165) is 27.8 Å². The number of nitrogens with zero attached hydrogens (tertiary/aromatic N) is 3. The van der Waals surface area contributed by atoms with Crippen LogP contribution in [0.4, 0.5) is 5.82 Å². The molecule has 7 nitrogen and oxygen atoms in total. The molecule has 1 amide bonds. The summed E-state index contributed by atoms with van der Waals surface area (Å²) in [6.07, 6.45) is 1.47. The lowest BCUT2D eigenvalue weighted by molar-refractivity contribution is -0.117. The molecular formula is C25H23N5O2. The molecule has 0 aliphatic carbocycles. The number of hydrogen-bond donors (Lipinski definition) is 2. The first-order valence-electron chi connectivity index (χ1n) is 10.2. The zero-order chi connectivity index (χ0) is 22.7. The average molecular weight is 425 g/mol. The third-order valence-electron chi connectivity index (χ3n) is 5.25. The summed E-state index contributed by atoms with van der Waals surface area (Å²) in [5, 5.41) is 6.62. The van der Waals surface area contributed by atoms with Crippen LogP contribution in [0.5, 0.6) is 0 Å². The van der Waals surface area contributed by atoms with Crippen LogP contribution in [0.3, 0.4) is 0 Å².